The molecule has 1 heterocycles. The number of carbonyl (C=O) groups is 1. The molecule has 1 aliphatic carbocycles. The van der Waals surface area contributed by atoms with Gasteiger partial charge in [0.2, 0.25) is 0 Å². The number of aromatic nitrogens is 2. The molecule has 0 radical (unpaired) electrons. The van der Waals surface area contributed by atoms with Crippen LogP contribution in [0.2, 0.25) is 0 Å². The largest absolute Gasteiger partial charge is 0.293 e. The molecule has 0 saturated carbocycles. The summed E-state index contributed by atoms with van der Waals surface area (Å²) in [6, 6.07) is 27.1. The number of benzene rings is 4. The molecule has 0 spiro atoms. The molecule has 35 heavy (non-hydrogen) atoms. The van der Waals surface area contributed by atoms with E-state index in [1.54, 1.807) is 36.4 Å². The van der Waals surface area contributed by atoms with E-state index in [0.717, 1.165) is 29.3 Å². The van der Waals surface area contributed by atoms with Crippen molar-refractivity contribution in [1.82, 2.24) is 9.55 Å². The van der Waals surface area contributed by atoms with E-state index in [2.05, 4.69) is 17.1 Å². The predicted molar refractivity (Wildman–Crippen MR) is 137 cm³/mol. The number of nitrogens with zero attached hydrogens (tertiary/aromatic N) is 2. The van der Waals surface area contributed by atoms with E-state index < -0.39 is 5.82 Å². The van der Waals surface area contributed by atoms with Crippen molar-refractivity contribution in [3.63, 3.8) is 0 Å². The van der Waals surface area contributed by atoms with Gasteiger partial charge in [-0.3, -0.25) is 14.2 Å². The molecule has 5 aromatic rings. The second kappa shape index (κ2) is 8.64. The van der Waals surface area contributed by atoms with Crippen LogP contribution in [-0.4, -0.2) is 21.1 Å². The summed E-state index contributed by atoms with van der Waals surface area (Å²) in [7, 11) is 0. The lowest BCUT2D eigenvalue weighted by molar-refractivity contribution is 0.102. The van der Waals surface area contributed by atoms with Crippen molar-refractivity contribution in [1.29, 1.82) is 0 Å². The highest BCUT2D eigenvalue weighted by Crippen LogP contribution is 2.37. The average molecular weight is 479 g/mol. The van der Waals surface area contributed by atoms with Crippen molar-refractivity contribution in [3.05, 3.63) is 124 Å². The van der Waals surface area contributed by atoms with Crippen molar-refractivity contribution in [2.45, 2.75) is 11.6 Å². The van der Waals surface area contributed by atoms with Gasteiger partial charge >= 0.3 is 0 Å². The lowest BCUT2D eigenvalue weighted by Crippen LogP contribution is -2.23. The van der Waals surface area contributed by atoms with E-state index in [-0.39, 0.29) is 27.9 Å². The molecule has 1 aromatic heterocycles. The lowest BCUT2D eigenvalue weighted by Gasteiger charge is -2.13. The first-order valence-electron chi connectivity index (χ1n) is 11.2. The van der Waals surface area contributed by atoms with Crippen molar-refractivity contribution in [2.75, 3.05) is 5.75 Å². The van der Waals surface area contributed by atoms with E-state index in [4.69, 9.17) is 0 Å². The van der Waals surface area contributed by atoms with Crippen LogP contribution in [0.5, 0.6) is 0 Å². The Balaban J connectivity index is 1.36. The molecule has 0 atom stereocenters. The molecule has 6 heteroatoms. The van der Waals surface area contributed by atoms with Gasteiger partial charge in [-0.1, -0.05) is 72.4 Å². The van der Waals surface area contributed by atoms with Crippen LogP contribution >= 0.6 is 11.8 Å². The maximum atomic E-state index is 14.7. The Hall–Kier alpha value is -4.03. The molecule has 0 aliphatic heterocycles. The lowest BCUT2D eigenvalue weighted by atomic mass is 10.0. The molecular weight excluding hydrogens is 459 g/mol. The molecule has 0 amide bonds. The first-order chi connectivity index (χ1) is 17.1. The van der Waals surface area contributed by atoms with E-state index in [0.29, 0.717) is 16.5 Å². The van der Waals surface area contributed by atoms with Crippen molar-refractivity contribution < 1.29 is 9.18 Å². The van der Waals surface area contributed by atoms with Gasteiger partial charge in [0.1, 0.15) is 5.82 Å². The van der Waals surface area contributed by atoms with Crippen molar-refractivity contribution in [2.24, 2.45) is 0 Å². The first-order valence-corrected chi connectivity index (χ1v) is 12.2. The van der Waals surface area contributed by atoms with Gasteiger partial charge in [0, 0.05) is 5.56 Å². The zero-order valence-corrected chi connectivity index (χ0v) is 19.4. The number of Topliss-reactive ketones (excluding diaryl/α,β-unsaturated/α-hetero) is 1. The summed E-state index contributed by atoms with van der Waals surface area (Å²) in [5.41, 5.74) is 5.57. The highest BCUT2D eigenvalue weighted by molar-refractivity contribution is 7.99. The molecule has 0 N–H and O–H groups in total. The highest BCUT2D eigenvalue weighted by Gasteiger charge is 2.21. The first kappa shape index (κ1) is 21.5. The number of para-hydroxylation sites is 2. The van der Waals surface area contributed by atoms with Crippen LogP contribution < -0.4 is 5.56 Å². The minimum absolute atomic E-state index is 0.0691. The van der Waals surface area contributed by atoms with Gasteiger partial charge in [-0.2, -0.15) is 0 Å². The smallest absolute Gasteiger partial charge is 0.266 e. The fourth-order valence-electron chi connectivity index (χ4n) is 4.57. The fraction of sp³-hybridized carbons (Fsp3) is 0.0690. The minimum Gasteiger partial charge on any atom is -0.293 e. The SMILES string of the molecule is O=C(CSc1nc2ccccc2c(=O)n1-c1ccccc1F)c1ccc2c(c1)-c1ccccc1C2. The van der Waals surface area contributed by atoms with Crippen LogP contribution in [0.1, 0.15) is 21.5 Å². The molecule has 1 aliphatic rings. The summed E-state index contributed by atoms with van der Waals surface area (Å²) in [5.74, 6) is -0.540. The zero-order valence-electron chi connectivity index (χ0n) is 18.6. The maximum Gasteiger partial charge on any atom is 0.266 e. The number of thioether (sulfide) groups is 1. The van der Waals surface area contributed by atoms with Crippen LogP contribution in [0.4, 0.5) is 4.39 Å². The van der Waals surface area contributed by atoms with Crippen LogP contribution in [-0.2, 0) is 6.42 Å². The summed E-state index contributed by atoms with van der Waals surface area (Å²) in [4.78, 5) is 31.1. The predicted octanol–water partition coefficient (Wildman–Crippen LogP) is 6.07. The van der Waals surface area contributed by atoms with Crippen LogP contribution in [0, 0.1) is 5.82 Å². The molecule has 4 nitrogen and oxygen atoms in total. The number of carbonyl (C=O) groups excluding carboxylic acids is 1. The van der Waals surface area contributed by atoms with E-state index >= 15 is 0 Å². The van der Waals surface area contributed by atoms with E-state index in [1.165, 1.54) is 27.8 Å². The zero-order chi connectivity index (χ0) is 23.9. The van der Waals surface area contributed by atoms with Gasteiger partial charge in [0.25, 0.3) is 5.56 Å². The Kier molecular flexibility index (Phi) is 5.30. The van der Waals surface area contributed by atoms with Gasteiger partial charge in [0.05, 0.1) is 22.3 Å². The van der Waals surface area contributed by atoms with Crippen LogP contribution in [0.25, 0.3) is 27.7 Å². The molecule has 0 fully saturated rings. The summed E-state index contributed by atoms with van der Waals surface area (Å²) in [6.07, 6.45) is 0.866. The third-order valence-corrected chi connectivity index (χ3v) is 7.23. The van der Waals surface area contributed by atoms with Gasteiger partial charge in [-0.15, -0.1) is 0 Å². The number of hydrogen-bond donors (Lipinski definition) is 0. The summed E-state index contributed by atoms with van der Waals surface area (Å²) >= 11 is 1.14. The summed E-state index contributed by atoms with van der Waals surface area (Å²) < 4.78 is 15.9. The van der Waals surface area contributed by atoms with Crippen LogP contribution in [0.3, 0.4) is 0 Å². The van der Waals surface area contributed by atoms with Crippen molar-refractivity contribution in [3.8, 4) is 16.8 Å². The second-order valence-electron chi connectivity index (χ2n) is 8.42. The number of fused-ring (bicyclic) bond motifs is 4. The fourth-order valence-corrected chi connectivity index (χ4v) is 5.47. The van der Waals surface area contributed by atoms with Crippen LogP contribution in [0.15, 0.2) is 101 Å². The monoisotopic (exact) mass is 478 g/mol. The molecule has 0 saturated heterocycles. The third kappa shape index (κ3) is 3.76. The minimum atomic E-state index is -0.530. The maximum absolute atomic E-state index is 14.7. The average Bonchev–Trinajstić information content (AvgIpc) is 3.26. The van der Waals surface area contributed by atoms with E-state index in [9.17, 15) is 14.0 Å². The van der Waals surface area contributed by atoms with Gasteiger partial charge in [-0.25, -0.2) is 9.37 Å². The quantitative estimate of drug-likeness (QED) is 0.171. The molecular formula is C29H19FN2O2S. The Labute approximate surface area is 205 Å². The number of rotatable bonds is 5. The third-order valence-electron chi connectivity index (χ3n) is 6.29. The second-order valence-corrected chi connectivity index (χ2v) is 9.36. The Morgan fingerprint density at radius 1 is 0.886 bits per heavy atom. The topological polar surface area (TPSA) is 52.0 Å². The van der Waals surface area contributed by atoms with Gasteiger partial charge in [0.15, 0.2) is 10.9 Å². The molecule has 6 rings (SSSR count). The van der Waals surface area contributed by atoms with Crippen molar-refractivity contribution >= 4 is 28.4 Å². The van der Waals surface area contributed by atoms with Gasteiger partial charge in [-0.05, 0) is 59.0 Å². The summed E-state index contributed by atoms with van der Waals surface area (Å²) in [5, 5.41) is 0.669. The number of halogens is 1. The Bertz CT molecular complexity index is 1690. The molecule has 0 bridgehead atoms. The van der Waals surface area contributed by atoms with E-state index in [1.807, 2.05) is 30.3 Å². The molecule has 4 aromatic carbocycles. The number of ketones is 1. The number of hydrogen-bond acceptors (Lipinski definition) is 4. The standard InChI is InChI=1S/C29H19FN2O2S/c30-24-10-4-6-12-26(24)32-28(34)22-9-3-5-11-25(22)31-29(32)35-17-27(33)20-14-13-19-15-18-7-1-2-8-21(18)23(19)16-20/h1-14,16H,15,17H2. The Morgan fingerprint density at radius 2 is 1.63 bits per heavy atom. The van der Waals surface area contributed by atoms with Gasteiger partial charge < -0.3 is 0 Å². The highest BCUT2D eigenvalue weighted by atomic mass is 32.2. The summed E-state index contributed by atoms with van der Waals surface area (Å²) in [6.45, 7) is 0. The molecule has 170 valence electrons. The molecule has 0 unspecified atom stereocenters. The Morgan fingerprint density at radius 3 is 2.51 bits per heavy atom. The normalized spacial score (nSPS) is 11.9.